The van der Waals surface area contributed by atoms with E-state index in [9.17, 15) is 4.57 Å². The van der Waals surface area contributed by atoms with Crippen LogP contribution in [0.2, 0.25) is 0 Å². The molecule has 1 N–H and O–H groups in total. The number of nitrogens with one attached hydrogen (secondary N) is 1. The highest BCUT2D eigenvalue weighted by Crippen LogP contribution is 2.47. The standard InChI is InChI=1S/C7H15Cl2N2O2P/c8-2-5-11(6-3-9)14(12)10-4-1-7-13-14/h1-7H2,(H,10,12)/i1D2,2D2,3D2,5D2,6D2,7D2. The highest BCUT2D eigenvalue weighted by atomic mass is 35.5. The van der Waals surface area contributed by atoms with Crippen LogP contribution in [0.15, 0.2) is 0 Å². The van der Waals surface area contributed by atoms with Gasteiger partial charge < -0.3 is 4.52 Å². The average molecular weight is 273 g/mol. The molecule has 14 heavy (non-hydrogen) atoms. The van der Waals surface area contributed by atoms with Crippen molar-refractivity contribution in [3.05, 3.63) is 0 Å². The normalized spacial score (nSPS) is 52.2. The summed E-state index contributed by atoms with van der Waals surface area (Å²) < 4.78 is 107. The van der Waals surface area contributed by atoms with Gasteiger partial charge in [0, 0.05) is 44.9 Å². The Balaban J connectivity index is 3.66. The lowest BCUT2D eigenvalue weighted by molar-refractivity contribution is 0.233. The second-order valence-electron chi connectivity index (χ2n) is 1.95. The van der Waals surface area contributed by atoms with Crippen LogP contribution in [0.4, 0.5) is 0 Å². The van der Waals surface area contributed by atoms with Crippen molar-refractivity contribution in [3.63, 3.8) is 0 Å². The minimum atomic E-state index is -5.29. The summed E-state index contributed by atoms with van der Waals surface area (Å²) in [5.41, 5.74) is 0. The third-order valence-corrected chi connectivity index (χ3v) is 2.96. The number of rotatable bonds is 5. The largest absolute Gasteiger partial charge is 0.343 e. The maximum atomic E-state index is 13.1. The van der Waals surface area contributed by atoms with E-state index in [0.717, 1.165) is 0 Å². The van der Waals surface area contributed by atoms with Crippen LogP contribution in [0, 0.1) is 0 Å². The molecular weight excluding hydrogens is 246 g/mol. The van der Waals surface area contributed by atoms with E-state index in [1.54, 1.807) is 0 Å². The second kappa shape index (κ2) is 6.31. The summed E-state index contributed by atoms with van der Waals surface area (Å²) in [6.45, 7) is -11.9. The highest BCUT2D eigenvalue weighted by Gasteiger charge is 2.32. The summed E-state index contributed by atoms with van der Waals surface area (Å²) in [5.74, 6) is -6.93. The minimum Gasteiger partial charge on any atom is -0.306 e. The van der Waals surface area contributed by atoms with Gasteiger partial charge in [-0.1, -0.05) is 0 Å². The van der Waals surface area contributed by atoms with E-state index in [1.165, 1.54) is 0 Å². The first kappa shape index (κ1) is 3.86. The van der Waals surface area contributed by atoms with Gasteiger partial charge in [-0.05, 0) is 6.37 Å². The number of hydrogen-bond acceptors (Lipinski definition) is 2. The number of hydrogen-bond donors (Lipinski definition) is 1. The average Bonchev–Trinajstić information content (AvgIpc) is 2.30. The first-order valence-corrected chi connectivity index (χ1v) is 5.61. The van der Waals surface area contributed by atoms with Crippen LogP contribution < -0.4 is 5.09 Å². The van der Waals surface area contributed by atoms with Gasteiger partial charge in [-0.25, -0.2) is 9.76 Å². The van der Waals surface area contributed by atoms with Gasteiger partial charge in [0.25, 0.3) is 0 Å². The topological polar surface area (TPSA) is 41.6 Å². The Morgan fingerprint density at radius 1 is 1.57 bits per heavy atom. The molecule has 7 heteroatoms. The second-order valence-corrected chi connectivity index (χ2v) is 4.27. The maximum absolute atomic E-state index is 13.1. The molecule has 0 spiro atoms. The van der Waals surface area contributed by atoms with Gasteiger partial charge in [0.15, 0.2) is 0 Å². The summed E-state index contributed by atoms with van der Waals surface area (Å²) >= 11 is 10.6. The maximum Gasteiger partial charge on any atom is 0.343 e. The zero-order valence-corrected chi connectivity index (χ0v) is 9.08. The Morgan fingerprint density at radius 2 is 2.21 bits per heavy atom. The van der Waals surface area contributed by atoms with Gasteiger partial charge in [0.05, 0.1) is 9.30 Å². The van der Waals surface area contributed by atoms with Gasteiger partial charge >= 0.3 is 7.67 Å². The predicted octanol–water partition coefficient (Wildman–Crippen LogP) is 1.88. The summed E-state index contributed by atoms with van der Waals surface area (Å²) in [6, 6.07) is 0. The van der Waals surface area contributed by atoms with E-state index in [1.807, 2.05) is 5.09 Å². The number of alkyl halides is 2. The van der Waals surface area contributed by atoms with Crippen LogP contribution in [0.5, 0.6) is 0 Å². The quantitative estimate of drug-likeness (QED) is 0.613. The Morgan fingerprint density at radius 3 is 2.71 bits per heavy atom. The first-order valence-electron chi connectivity index (χ1n) is 9.28. The molecule has 0 radical (unpaired) electrons. The zero-order valence-electron chi connectivity index (χ0n) is 18.7. The molecule has 0 saturated carbocycles. The number of halogens is 2. The molecule has 84 valence electrons. The first-order chi connectivity index (χ1) is 11.0. The van der Waals surface area contributed by atoms with Crippen LogP contribution >= 0.6 is 30.9 Å². The van der Waals surface area contributed by atoms with Crippen LogP contribution in [0.1, 0.15) is 22.8 Å². The zero-order chi connectivity index (χ0) is 21.2. The molecule has 0 amide bonds. The molecule has 0 aliphatic carbocycles. The highest BCUT2D eigenvalue weighted by molar-refractivity contribution is 7.54. The van der Waals surface area contributed by atoms with Crippen LogP contribution in [0.25, 0.3) is 0 Å². The Hall–Kier alpha value is 0.690. The minimum absolute atomic E-state index is 0.583. The van der Waals surface area contributed by atoms with Gasteiger partial charge in [-0.15, -0.1) is 23.2 Å². The van der Waals surface area contributed by atoms with E-state index < -0.39 is 56.5 Å². The van der Waals surface area contributed by atoms with Gasteiger partial charge in [0.2, 0.25) is 0 Å². The Kier molecular flexibility index (Phi) is 1.74. The van der Waals surface area contributed by atoms with Crippen LogP contribution in [-0.2, 0) is 9.09 Å². The molecule has 1 fully saturated rings. The molecule has 0 aromatic heterocycles. The van der Waals surface area contributed by atoms with Crippen molar-refractivity contribution in [3.8, 4) is 0 Å². The van der Waals surface area contributed by atoms with Crippen molar-refractivity contribution in [1.82, 2.24) is 9.76 Å². The Bertz CT molecular complexity index is 579. The van der Waals surface area contributed by atoms with Crippen molar-refractivity contribution < 1.29 is 25.5 Å². The lowest BCUT2D eigenvalue weighted by Crippen LogP contribution is -2.35. The van der Waals surface area contributed by atoms with Crippen LogP contribution in [-0.4, -0.2) is 42.4 Å². The third-order valence-electron chi connectivity index (χ3n) is 1.17. The van der Waals surface area contributed by atoms with Crippen molar-refractivity contribution >= 4 is 30.9 Å². The van der Waals surface area contributed by atoms with Gasteiger partial charge in [-0.2, -0.15) is 0 Å². The monoisotopic (exact) mass is 272 g/mol. The molecule has 0 aromatic carbocycles. The van der Waals surface area contributed by atoms with E-state index >= 15 is 0 Å². The van der Waals surface area contributed by atoms with Crippen molar-refractivity contribution in [2.75, 3.05) is 37.8 Å². The fourth-order valence-corrected chi connectivity index (χ4v) is 2.06. The summed E-state index contributed by atoms with van der Waals surface area (Å²) in [4.78, 5) is 0. The van der Waals surface area contributed by atoms with E-state index in [-0.39, 0.29) is 0 Å². The van der Waals surface area contributed by atoms with E-state index in [4.69, 9.17) is 39.7 Å². The molecule has 1 aliphatic rings. The van der Waals surface area contributed by atoms with Gasteiger partial charge in [-0.3, -0.25) is 4.57 Å². The van der Waals surface area contributed by atoms with Crippen molar-refractivity contribution in [1.29, 1.82) is 0 Å². The fraction of sp³-hybridized carbons (Fsp3) is 1.00. The van der Waals surface area contributed by atoms with Crippen molar-refractivity contribution in [2.24, 2.45) is 0 Å². The molecule has 0 aromatic rings. The molecule has 0 bridgehead atoms. The van der Waals surface area contributed by atoms with E-state index in [2.05, 4.69) is 4.52 Å². The van der Waals surface area contributed by atoms with Gasteiger partial charge in [0.1, 0.15) is 0 Å². The van der Waals surface area contributed by atoms with Crippen LogP contribution in [0.3, 0.4) is 0 Å². The summed E-state index contributed by atoms with van der Waals surface area (Å²) in [5, 5.41) is 1.81. The molecule has 1 atom stereocenters. The smallest absolute Gasteiger partial charge is 0.306 e. The van der Waals surface area contributed by atoms with E-state index in [0.29, 0.717) is 0 Å². The molecule has 1 heterocycles. The molecule has 4 nitrogen and oxygen atoms in total. The summed E-state index contributed by atoms with van der Waals surface area (Å²) in [7, 11) is -5.29. The fourth-order valence-electron chi connectivity index (χ4n) is 0.653. The van der Waals surface area contributed by atoms with Crippen molar-refractivity contribution in [2.45, 2.75) is 6.37 Å². The molecule has 1 rings (SSSR count). The predicted molar refractivity (Wildman–Crippen MR) is 59.2 cm³/mol. The molecule has 1 saturated heterocycles. The summed E-state index contributed by atoms with van der Waals surface area (Å²) in [6.07, 6.45) is -2.77. The SMILES string of the molecule is [2H]C([2H])(Cl)C([2H])([2H])N(C([2H])([2H])C([2H])([2H])Cl)P1(=O)NCC([2H])([2H])C([2H])([2H])O1. The molecule has 1 aliphatic heterocycles. The Labute approximate surface area is 111 Å². The molecular formula is C7H15Cl2N2O2P. The number of nitrogens with zero attached hydrogens (tertiary/aromatic N) is 1. The lowest BCUT2D eigenvalue weighted by atomic mass is 10.5. The lowest BCUT2D eigenvalue weighted by Gasteiger charge is -2.33. The third kappa shape index (κ3) is 3.37. The molecule has 1 unspecified atom stereocenters.